The maximum atomic E-state index is 12.9. The Kier molecular flexibility index (Phi) is 5.58. The number of aromatic nitrogens is 2. The number of carbonyl (C=O) groups is 2. The lowest BCUT2D eigenvalue weighted by Gasteiger charge is -2.28. The summed E-state index contributed by atoms with van der Waals surface area (Å²) in [6.45, 7) is 6.54. The molecule has 0 bridgehead atoms. The van der Waals surface area contributed by atoms with E-state index in [1.54, 1.807) is 0 Å². The number of carbonyl (C=O) groups excluding carboxylic acids is 2. The first-order valence-corrected chi connectivity index (χ1v) is 9.65. The molecule has 0 spiro atoms. The van der Waals surface area contributed by atoms with Crippen molar-refractivity contribution in [3.8, 4) is 0 Å². The molecule has 2 amide bonds. The molecule has 4 N–H and O–H groups in total. The van der Waals surface area contributed by atoms with E-state index in [1.807, 2.05) is 20.8 Å². The number of amides is 2. The van der Waals surface area contributed by atoms with Gasteiger partial charge in [-0.25, -0.2) is 4.79 Å². The van der Waals surface area contributed by atoms with Crippen LogP contribution in [0.4, 0.5) is 4.79 Å². The van der Waals surface area contributed by atoms with E-state index >= 15 is 0 Å². The molecule has 1 atom stereocenters. The standard InChI is InChI=1S/C19H30N4O4/c1-19(2,3)16(17(20)25)21-18(26)23-14-8-9-27-10-13(14)15(22-23)11-4-6-12(24)7-5-11/h11-12,16,24H,4-10H2,1-3H3,(H2,20,25)(H,21,26)/t11?,12?,16-/m1/s1. The smallest absolute Gasteiger partial charge is 0.342 e. The Balaban J connectivity index is 1.89. The molecule has 3 rings (SSSR count). The van der Waals surface area contributed by atoms with Crippen LogP contribution in [0.2, 0.25) is 0 Å². The van der Waals surface area contributed by atoms with Crippen molar-refractivity contribution in [3.63, 3.8) is 0 Å². The number of rotatable bonds is 3. The van der Waals surface area contributed by atoms with Crippen molar-refractivity contribution in [1.82, 2.24) is 15.1 Å². The van der Waals surface area contributed by atoms with Gasteiger partial charge in [0.05, 0.1) is 30.7 Å². The minimum absolute atomic E-state index is 0.215. The van der Waals surface area contributed by atoms with Gasteiger partial charge in [-0.1, -0.05) is 20.8 Å². The van der Waals surface area contributed by atoms with Crippen LogP contribution >= 0.6 is 0 Å². The van der Waals surface area contributed by atoms with Crippen LogP contribution in [0.1, 0.15) is 69.3 Å². The Bertz CT molecular complexity index is 714. The summed E-state index contributed by atoms with van der Waals surface area (Å²) in [6.07, 6.45) is 3.53. The summed E-state index contributed by atoms with van der Waals surface area (Å²) in [5.41, 5.74) is 7.70. The SMILES string of the molecule is CC(C)(C)[C@H](NC(=O)n1nc(C2CCC(O)CC2)c2c1CCOC2)C(N)=O. The van der Waals surface area contributed by atoms with Gasteiger partial charge in [0.2, 0.25) is 5.91 Å². The first-order valence-electron chi connectivity index (χ1n) is 9.65. The van der Waals surface area contributed by atoms with Crippen LogP contribution in [0.25, 0.3) is 0 Å². The number of nitrogens with zero attached hydrogens (tertiary/aromatic N) is 2. The van der Waals surface area contributed by atoms with E-state index in [0.29, 0.717) is 19.6 Å². The molecule has 1 aromatic heterocycles. The molecule has 1 fully saturated rings. The normalized spacial score (nSPS) is 24.1. The summed E-state index contributed by atoms with van der Waals surface area (Å²) in [7, 11) is 0. The highest BCUT2D eigenvalue weighted by molar-refractivity contribution is 5.87. The maximum Gasteiger partial charge on any atom is 0.342 e. The first-order chi connectivity index (χ1) is 12.7. The topological polar surface area (TPSA) is 119 Å². The number of ether oxygens (including phenoxy) is 1. The van der Waals surface area contributed by atoms with E-state index in [1.165, 1.54) is 4.68 Å². The third-order valence-electron chi connectivity index (χ3n) is 5.54. The fraction of sp³-hybridized carbons (Fsp3) is 0.737. The molecule has 27 heavy (non-hydrogen) atoms. The molecule has 2 heterocycles. The Labute approximate surface area is 159 Å². The number of primary amides is 1. The number of hydrogen-bond acceptors (Lipinski definition) is 5. The van der Waals surface area contributed by atoms with Gasteiger partial charge < -0.3 is 20.9 Å². The Morgan fingerprint density at radius 1 is 1.30 bits per heavy atom. The van der Waals surface area contributed by atoms with E-state index in [4.69, 9.17) is 10.5 Å². The molecule has 1 saturated carbocycles. The third-order valence-corrected chi connectivity index (χ3v) is 5.54. The fourth-order valence-electron chi connectivity index (χ4n) is 4.01. The van der Waals surface area contributed by atoms with Crippen LogP contribution in [0.3, 0.4) is 0 Å². The summed E-state index contributed by atoms with van der Waals surface area (Å²) in [5, 5.41) is 17.2. The molecular formula is C19H30N4O4. The number of aliphatic hydroxyl groups is 1. The van der Waals surface area contributed by atoms with Crippen LogP contribution in [0.15, 0.2) is 0 Å². The summed E-state index contributed by atoms with van der Waals surface area (Å²) < 4.78 is 7.00. The van der Waals surface area contributed by atoms with Crippen LogP contribution in [0, 0.1) is 5.41 Å². The molecule has 2 aliphatic rings. The molecule has 0 saturated heterocycles. The van der Waals surface area contributed by atoms with Crippen LogP contribution in [-0.4, -0.2) is 45.6 Å². The highest BCUT2D eigenvalue weighted by atomic mass is 16.5. The van der Waals surface area contributed by atoms with E-state index in [9.17, 15) is 14.7 Å². The van der Waals surface area contributed by atoms with Crippen molar-refractivity contribution < 1.29 is 19.4 Å². The minimum atomic E-state index is -0.794. The van der Waals surface area contributed by atoms with Gasteiger partial charge >= 0.3 is 6.03 Å². The average molecular weight is 378 g/mol. The lowest BCUT2D eigenvalue weighted by atomic mass is 9.83. The monoisotopic (exact) mass is 378 g/mol. The predicted molar refractivity (Wildman–Crippen MR) is 99.2 cm³/mol. The van der Waals surface area contributed by atoms with Crippen molar-refractivity contribution in [2.45, 2.75) is 77.5 Å². The van der Waals surface area contributed by atoms with Crippen LogP contribution < -0.4 is 11.1 Å². The van der Waals surface area contributed by atoms with Crippen LogP contribution in [0.5, 0.6) is 0 Å². The molecule has 0 aromatic carbocycles. The molecule has 1 aliphatic carbocycles. The fourth-order valence-corrected chi connectivity index (χ4v) is 4.01. The quantitative estimate of drug-likeness (QED) is 0.735. The lowest BCUT2D eigenvalue weighted by molar-refractivity contribution is -0.122. The lowest BCUT2D eigenvalue weighted by Crippen LogP contribution is -2.53. The average Bonchev–Trinajstić information content (AvgIpc) is 2.99. The highest BCUT2D eigenvalue weighted by Crippen LogP contribution is 2.36. The zero-order valence-electron chi connectivity index (χ0n) is 16.3. The van der Waals surface area contributed by atoms with Crippen molar-refractivity contribution in [2.75, 3.05) is 6.61 Å². The Hall–Kier alpha value is -1.93. The first kappa shape index (κ1) is 19.8. The number of hydrogen-bond donors (Lipinski definition) is 3. The van der Waals surface area contributed by atoms with Gasteiger partial charge in [-0.3, -0.25) is 4.79 Å². The van der Waals surface area contributed by atoms with Gasteiger partial charge in [-0.2, -0.15) is 9.78 Å². The number of nitrogens with one attached hydrogen (secondary N) is 1. The third kappa shape index (κ3) is 4.16. The van der Waals surface area contributed by atoms with E-state index < -0.39 is 23.4 Å². The second kappa shape index (κ2) is 7.59. The van der Waals surface area contributed by atoms with Gasteiger partial charge in [0.25, 0.3) is 0 Å². The second-order valence-corrected chi connectivity index (χ2v) is 8.68. The van der Waals surface area contributed by atoms with Crippen molar-refractivity contribution in [3.05, 3.63) is 17.0 Å². The molecule has 8 nitrogen and oxygen atoms in total. The molecule has 0 unspecified atom stereocenters. The molecular weight excluding hydrogens is 348 g/mol. The van der Waals surface area contributed by atoms with Gasteiger partial charge in [0, 0.05) is 17.9 Å². The van der Waals surface area contributed by atoms with Crippen molar-refractivity contribution in [1.29, 1.82) is 0 Å². The zero-order valence-corrected chi connectivity index (χ0v) is 16.3. The van der Waals surface area contributed by atoms with E-state index in [-0.39, 0.29) is 12.0 Å². The molecule has 150 valence electrons. The summed E-state index contributed by atoms with van der Waals surface area (Å²) in [4.78, 5) is 24.7. The van der Waals surface area contributed by atoms with Gasteiger partial charge in [0.15, 0.2) is 0 Å². The molecule has 8 heteroatoms. The number of aliphatic hydroxyl groups excluding tert-OH is 1. The second-order valence-electron chi connectivity index (χ2n) is 8.68. The molecule has 1 aromatic rings. The number of fused-ring (bicyclic) bond motifs is 1. The largest absolute Gasteiger partial charge is 0.393 e. The summed E-state index contributed by atoms with van der Waals surface area (Å²) in [5.74, 6) is -0.353. The van der Waals surface area contributed by atoms with Gasteiger partial charge in [0.1, 0.15) is 6.04 Å². The van der Waals surface area contributed by atoms with Gasteiger partial charge in [-0.05, 0) is 31.1 Å². The van der Waals surface area contributed by atoms with E-state index in [2.05, 4.69) is 10.4 Å². The molecule has 1 aliphatic heterocycles. The van der Waals surface area contributed by atoms with Gasteiger partial charge in [-0.15, -0.1) is 0 Å². The molecule has 0 radical (unpaired) electrons. The van der Waals surface area contributed by atoms with Crippen molar-refractivity contribution >= 4 is 11.9 Å². The minimum Gasteiger partial charge on any atom is -0.393 e. The predicted octanol–water partition coefficient (Wildman–Crippen LogP) is 1.43. The van der Waals surface area contributed by atoms with Crippen molar-refractivity contribution in [2.24, 2.45) is 11.1 Å². The number of nitrogens with two attached hydrogens (primary N) is 1. The Morgan fingerprint density at radius 3 is 2.56 bits per heavy atom. The summed E-state index contributed by atoms with van der Waals surface area (Å²) in [6, 6.07) is -1.23. The van der Waals surface area contributed by atoms with Crippen LogP contribution in [-0.2, 0) is 22.6 Å². The zero-order chi connectivity index (χ0) is 19.8. The Morgan fingerprint density at radius 2 is 1.96 bits per heavy atom. The summed E-state index contributed by atoms with van der Waals surface area (Å²) >= 11 is 0. The van der Waals surface area contributed by atoms with E-state index in [0.717, 1.165) is 42.6 Å². The highest BCUT2D eigenvalue weighted by Gasteiger charge is 2.34. The maximum absolute atomic E-state index is 12.9.